The number of carbonyl (C=O) groups is 2. The molecular formula is C17H17N3O6. The van der Waals surface area contributed by atoms with Gasteiger partial charge in [0, 0.05) is 5.69 Å². The van der Waals surface area contributed by atoms with Crippen molar-refractivity contribution < 1.29 is 24.0 Å². The van der Waals surface area contributed by atoms with Gasteiger partial charge in [-0.2, -0.15) is 0 Å². The second-order valence-electron chi connectivity index (χ2n) is 5.11. The van der Waals surface area contributed by atoms with Crippen molar-refractivity contribution in [1.29, 1.82) is 0 Å². The predicted molar refractivity (Wildman–Crippen MR) is 94.5 cm³/mol. The van der Waals surface area contributed by atoms with E-state index in [2.05, 4.69) is 15.4 Å². The number of ether oxygens (including phenoxy) is 2. The Hall–Kier alpha value is -3.62. The fourth-order valence-corrected chi connectivity index (χ4v) is 2.11. The third kappa shape index (κ3) is 4.69. The van der Waals surface area contributed by atoms with E-state index in [9.17, 15) is 19.7 Å². The van der Waals surface area contributed by atoms with E-state index in [1.54, 1.807) is 24.3 Å². The van der Waals surface area contributed by atoms with Gasteiger partial charge in [-0.15, -0.1) is 0 Å². The fraction of sp³-hybridized carbons (Fsp3) is 0.176. The van der Waals surface area contributed by atoms with Gasteiger partial charge in [0.2, 0.25) is 5.91 Å². The first-order valence-corrected chi connectivity index (χ1v) is 7.49. The largest absolute Gasteiger partial charge is 0.496 e. The van der Waals surface area contributed by atoms with Crippen molar-refractivity contribution in [2.45, 2.75) is 0 Å². The number of nitro benzene ring substituents is 1. The number of amides is 1. The topological polar surface area (TPSA) is 120 Å². The molecule has 2 N–H and O–H groups in total. The van der Waals surface area contributed by atoms with Gasteiger partial charge in [0.25, 0.3) is 5.69 Å². The molecular weight excluding hydrogens is 342 g/mol. The van der Waals surface area contributed by atoms with Crippen LogP contribution in [0.25, 0.3) is 0 Å². The summed E-state index contributed by atoms with van der Waals surface area (Å²) in [5, 5.41) is 16.4. The second-order valence-corrected chi connectivity index (χ2v) is 5.11. The van der Waals surface area contributed by atoms with Crippen LogP contribution < -0.4 is 15.4 Å². The number of nitrogens with zero attached hydrogens (tertiary/aromatic N) is 1. The smallest absolute Gasteiger partial charge is 0.337 e. The van der Waals surface area contributed by atoms with Gasteiger partial charge in [-0.1, -0.05) is 0 Å². The summed E-state index contributed by atoms with van der Waals surface area (Å²) in [6, 6.07) is 10.5. The van der Waals surface area contributed by atoms with Crippen molar-refractivity contribution >= 4 is 28.9 Å². The van der Waals surface area contributed by atoms with Crippen molar-refractivity contribution in [2.75, 3.05) is 31.4 Å². The molecule has 0 saturated heterocycles. The SMILES string of the molecule is COC(=O)c1ccc(NCC(=O)Nc2ccc(OC)cc2[N+](=O)[O-])cc1. The van der Waals surface area contributed by atoms with E-state index in [1.807, 2.05) is 0 Å². The van der Waals surface area contributed by atoms with Crippen LogP contribution in [0.4, 0.5) is 17.1 Å². The highest BCUT2D eigenvalue weighted by Gasteiger charge is 2.17. The number of carbonyl (C=O) groups excluding carboxylic acids is 2. The van der Waals surface area contributed by atoms with Gasteiger partial charge < -0.3 is 20.1 Å². The normalized spacial score (nSPS) is 9.92. The van der Waals surface area contributed by atoms with Crippen LogP contribution in [0, 0.1) is 10.1 Å². The van der Waals surface area contributed by atoms with E-state index >= 15 is 0 Å². The molecule has 0 aliphatic rings. The summed E-state index contributed by atoms with van der Waals surface area (Å²) in [6.07, 6.45) is 0. The lowest BCUT2D eigenvalue weighted by molar-refractivity contribution is -0.384. The zero-order valence-electron chi connectivity index (χ0n) is 14.1. The lowest BCUT2D eigenvalue weighted by Gasteiger charge is -2.09. The van der Waals surface area contributed by atoms with Crippen LogP contribution in [-0.2, 0) is 9.53 Å². The summed E-state index contributed by atoms with van der Waals surface area (Å²) in [5.74, 6) is -0.602. The number of rotatable bonds is 7. The van der Waals surface area contributed by atoms with Gasteiger partial charge in [0.15, 0.2) is 0 Å². The first-order chi connectivity index (χ1) is 12.4. The first-order valence-electron chi connectivity index (χ1n) is 7.49. The third-order valence-electron chi connectivity index (χ3n) is 3.43. The average Bonchev–Trinajstić information content (AvgIpc) is 2.66. The molecule has 0 bridgehead atoms. The summed E-state index contributed by atoms with van der Waals surface area (Å²) >= 11 is 0. The highest BCUT2D eigenvalue weighted by atomic mass is 16.6. The maximum absolute atomic E-state index is 12.0. The Morgan fingerprint density at radius 3 is 2.38 bits per heavy atom. The highest BCUT2D eigenvalue weighted by Crippen LogP contribution is 2.28. The van der Waals surface area contributed by atoms with Crippen LogP contribution >= 0.6 is 0 Å². The summed E-state index contributed by atoms with van der Waals surface area (Å²) in [4.78, 5) is 33.9. The van der Waals surface area contributed by atoms with Crippen molar-refractivity contribution in [1.82, 2.24) is 0 Å². The van der Waals surface area contributed by atoms with E-state index < -0.39 is 16.8 Å². The Bertz CT molecular complexity index is 820. The molecule has 0 radical (unpaired) electrons. The number of nitrogens with one attached hydrogen (secondary N) is 2. The second kappa shape index (κ2) is 8.47. The summed E-state index contributed by atoms with van der Waals surface area (Å²) in [5.41, 5.74) is 0.803. The van der Waals surface area contributed by atoms with Gasteiger partial charge in [-0.05, 0) is 36.4 Å². The molecule has 26 heavy (non-hydrogen) atoms. The number of nitro groups is 1. The monoisotopic (exact) mass is 359 g/mol. The first kappa shape index (κ1) is 18.7. The number of methoxy groups -OCH3 is 2. The lowest BCUT2D eigenvalue weighted by atomic mass is 10.2. The van der Waals surface area contributed by atoms with E-state index in [0.29, 0.717) is 17.0 Å². The maximum atomic E-state index is 12.0. The zero-order chi connectivity index (χ0) is 19.1. The van der Waals surface area contributed by atoms with Crippen LogP contribution in [0.15, 0.2) is 42.5 Å². The molecule has 1 amide bonds. The predicted octanol–water partition coefficient (Wildman–Crippen LogP) is 2.44. The Kier molecular flexibility index (Phi) is 6.10. The van der Waals surface area contributed by atoms with Gasteiger partial charge in [-0.25, -0.2) is 4.79 Å². The molecule has 9 heteroatoms. The number of benzene rings is 2. The van der Waals surface area contributed by atoms with Crippen molar-refractivity contribution in [3.8, 4) is 5.75 Å². The molecule has 0 heterocycles. The highest BCUT2D eigenvalue weighted by molar-refractivity contribution is 5.96. The van der Waals surface area contributed by atoms with Gasteiger partial charge in [0.05, 0.1) is 37.3 Å². The molecule has 0 aromatic heterocycles. The molecule has 0 spiro atoms. The Morgan fingerprint density at radius 1 is 1.12 bits per heavy atom. The van der Waals surface area contributed by atoms with E-state index in [4.69, 9.17) is 4.74 Å². The molecule has 0 atom stereocenters. The molecule has 0 fully saturated rings. The van der Waals surface area contributed by atoms with Gasteiger partial charge in [0.1, 0.15) is 11.4 Å². The van der Waals surface area contributed by atoms with Crippen molar-refractivity contribution in [3.63, 3.8) is 0 Å². The average molecular weight is 359 g/mol. The summed E-state index contributed by atoms with van der Waals surface area (Å²) in [6.45, 7) is -0.110. The molecule has 0 saturated carbocycles. The van der Waals surface area contributed by atoms with Crippen LogP contribution in [0.5, 0.6) is 5.75 Å². The molecule has 0 aliphatic carbocycles. The minimum Gasteiger partial charge on any atom is -0.496 e. The molecule has 0 aliphatic heterocycles. The molecule has 2 rings (SSSR count). The fourth-order valence-electron chi connectivity index (χ4n) is 2.11. The van der Waals surface area contributed by atoms with Crippen LogP contribution in [-0.4, -0.2) is 37.6 Å². The number of esters is 1. The molecule has 136 valence electrons. The minimum absolute atomic E-state index is 0.0728. The van der Waals surface area contributed by atoms with Gasteiger partial charge >= 0.3 is 5.97 Å². The molecule has 2 aromatic carbocycles. The quantitative estimate of drug-likeness (QED) is 0.442. The van der Waals surface area contributed by atoms with E-state index in [-0.39, 0.29) is 17.9 Å². The molecule has 0 unspecified atom stereocenters. The third-order valence-corrected chi connectivity index (χ3v) is 3.43. The standard InChI is InChI=1S/C17H17N3O6/c1-25-13-7-8-14(15(9-13)20(23)24)19-16(21)10-18-12-5-3-11(4-6-12)17(22)26-2/h3-9,18H,10H2,1-2H3,(H,19,21). The van der Waals surface area contributed by atoms with E-state index in [1.165, 1.54) is 32.4 Å². The van der Waals surface area contributed by atoms with Crippen molar-refractivity contribution in [3.05, 3.63) is 58.1 Å². The van der Waals surface area contributed by atoms with Gasteiger partial charge in [-0.3, -0.25) is 14.9 Å². The Labute approximate surface area is 149 Å². The van der Waals surface area contributed by atoms with Crippen LogP contribution in [0.1, 0.15) is 10.4 Å². The number of anilines is 2. The molecule has 9 nitrogen and oxygen atoms in total. The Balaban J connectivity index is 1.99. The number of hydrogen-bond acceptors (Lipinski definition) is 7. The lowest BCUT2D eigenvalue weighted by Crippen LogP contribution is -2.22. The van der Waals surface area contributed by atoms with Crippen LogP contribution in [0.3, 0.4) is 0 Å². The minimum atomic E-state index is -0.600. The summed E-state index contributed by atoms with van der Waals surface area (Å²) < 4.78 is 9.54. The van der Waals surface area contributed by atoms with Crippen LogP contribution in [0.2, 0.25) is 0 Å². The zero-order valence-corrected chi connectivity index (χ0v) is 14.1. The maximum Gasteiger partial charge on any atom is 0.337 e. The Morgan fingerprint density at radius 2 is 1.81 bits per heavy atom. The van der Waals surface area contributed by atoms with Crippen molar-refractivity contribution in [2.24, 2.45) is 0 Å². The summed E-state index contributed by atoms with van der Waals surface area (Å²) in [7, 11) is 2.68. The molecule has 2 aromatic rings. The number of hydrogen-bond donors (Lipinski definition) is 2. The van der Waals surface area contributed by atoms with E-state index in [0.717, 1.165) is 0 Å².